The molecule has 1 aromatic heterocycles. The van der Waals surface area contributed by atoms with Gasteiger partial charge in [0.2, 0.25) is 11.8 Å². The third-order valence-corrected chi connectivity index (χ3v) is 4.40. The number of H-pyrrole nitrogens is 1. The van der Waals surface area contributed by atoms with Crippen LogP contribution < -0.4 is 15.2 Å². The summed E-state index contributed by atoms with van der Waals surface area (Å²) in [5.74, 6) is -1.93. The summed E-state index contributed by atoms with van der Waals surface area (Å²) in [4.78, 5) is 32.4. The largest absolute Gasteiger partial charge is 0.472 e. The summed E-state index contributed by atoms with van der Waals surface area (Å²) in [6.07, 6.45) is 0. The molecule has 152 valence electrons. The van der Waals surface area contributed by atoms with E-state index in [1.165, 1.54) is 11.0 Å². The SMILES string of the molecule is CCOC(=O)CN(c1nc(OCc2ccc(F)cc2F)c(Br)c(=O)[nH]1)C(C)C. The highest BCUT2D eigenvalue weighted by Crippen LogP contribution is 2.23. The Bertz CT molecular complexity index is 905. The van der Waals surface area contributed by atoms with Crippen molar-refractivity contribution < 1.29 is 23.0 Å². The zero-order valence-electron chi connectivity index (χ0n) is 15.6. The van der Waals surface area contributed by atoms with Crippen LogP contribution in [-0.4, -0.2) is 35.1 Å². The van der Waals surface area contributed by atoms with Crippen LogP contribution in [0.3, 0.4) is 0 Å². The number of esters is 1. The van der Waals surface area contributed by atoms with Gasteiger partial charge in [0.25, 0.3) is 5.56 Å². The van der Waals surface area contributed by atoms with Gasteiger partial charge in [-0.2, -0.15) is 4.98 Å². The molecule has 0 spiro atoms. The van der Waals surface area contributed by atoms with E-state index in [1.54, 1.807) is 6.92 Å². The molecular formula is C18H20BrF2N3O4. The van der Waals surface area contributed by atoms with E-state index >= 15 is 0 Å². The van der Waals surface area contributed by atoms with Gasteiger partial charge in [-0.3, -0.25) is 14.6 Å². The van der Waals surface area contributed by atoms with E-state index in [0.29, 0.717) is 0 Å². The number of carbonyl (C=O) groups is 1. The highest BCUT2D eigenvalue weighted by atomic mass is 79.9. The van der Waals surface area contributed by atoms with Gasteiger partial charge < -0.3 is 14.4 Å². The van der Waals surface area contributed by atoms with E-state index in [0.717, 1.165) is 12.1 Å². The highest BCUT2D eigenvalue weighted by molar-refractivity contribution is 9.10. The summed E-state index contributed by atoms with van der Waals surface area (Å²) in [5, 5.41) is 0. The predicted molar refractivity (Wildman–Crippen MR) is 102 cm³/mol. The summed E-state index contributed by atoms with van der Waals surface area (Å²) in [6, 6.07) is 2.90. The van der Waals surface area contributed by atoms with E-state index in [-0.39, 0.29) is 47.7 Å². The fourth-order valence-corrected chi connectivity index (χ4v) is 2.59. The number of aromatic nitrogens is 2. The molecule has 0 aliphatic heterocycles. The van der Waals surface area contributed by atoms with Gasteiger partial charge in [0.1, 0.15) is 29.3 Å². The van der Waals surface area contributed by atoms with E-state index in [1.807, 2.05) is 13.8 Å². The lowest BCUT2D eigenvalue weighted by molar-refractivity contribution is -0.141. The number of hydrogen-bond donors (Lipinski definition) is 1. The van der Waals surface area contributed by atoms with E-state index in [2.05, 4.69) is 25.9 Å². The van der Waals surface area contributed by atoms with Gasteiger partial charge in [-0.05, 0) is 48.8 Å². The Hall–Kier alpha value is -2.49. The molecule has 1 aromatic carbocycles. The quantitative estimate of drug-likeness (QED) is 0.610. The van der Waals surface area contributed by atoms with Crippen LogP contribution in [0, 0.1) is 11.6 Å². The molecule has 0 fully saturated rings. The number of nitrogens with one attached hydrogen (secondary N) is 1. The standard InChI is InChI=1S/C18H20BrF2N3O4/c1-4-27-14(25)8-24(10(2)3)18-22-16(26)15(19)17(23-18)28-9-11-5-6-12(20)7-13(11)21/h5-7,10H,4,8-9H2,1-3H3,(H,22,23,26). The van der Waals surface area contributed by atoms with Gasteiger partial charge >= 0.3 is 5.97 Å². The van der Waals surface area contributed by atoms with Crippen molar-refractivity contribution in [3.8, 4) is 5.88 Å². The first-order chi connectivity index (χ1) is 13.2. The summed E-state index contributed by atoms with van der Waals surface area (Å²) < 4.78 is 37.2. The van der Waals surface area contributed by atoms with Crippen molar-refractivity contribution in [2.75, 3.05) is 18.1 Å². The number of rotatable bonds is 8. The van der Waals surface area contributed by atoms with Crippen LogP contribution in [0.25, 0.3) is 0 Å². The van der Waals surface area contributed by atoms with Gasteiger partial charge in [-0.15, -0.1) is 0 Å². The first-order valence-electron chi connectivity index (χ1n) is 8.51. The zero-order valence-corrected chi connectivity index (χ0v) is 17.2. The van der Waals surface area contributed by atoms with Crippen molar-refractivity contribution in [1.29, 1.82) is 0 Å². The molecule has 0 radical (unpaired) electrons. The zero-order chi connectivity index (χ0) is 20.8. The monoisotopic (exact) mass is 459 g/mol. The second kappa shape index (κ2) is 9.63. The second-order valence-electron chi connectivity index (χ2n) is 6.06. The molecule has 0 atom stereocenters. The Morgan fingerprint density at radius 2 is 2.07 bits per heavy atom. The number of benzene rings is 1. The normalized spacial score (nSPS) is 10.8. The molecule has 0 unspecified atom stereocenters. The Morgan fingerprint density at radius 1 is 1.36 bits per heavy atom. The summed E-state index contributed by atoms with van der Waals surface area (Å²) >= 11 is 3.08. The Labute approximate surface area is 168 Å². The van der Waals surface area contributed by atoms with E-state index in [9.17, 15) is 18.4 Å². The van der Waals surface area contributed by atoms with Crippen LogP contribution >= 0.6 is 15.9 Å². The molecule has 0 bridgehead atoms. The summed E-state index contributed by atoms with van der Waals surface area (Å²) in [6.45, 7) is 5.16. The molecule has 0 aliphatic carbocycles. The van der Waals surface area contributed by atoms with Crippen molar-refractivity contribution in [3.05, 3.63) is 50.2 Å². The number of anilines is 1. The molecule has 0 amide bonds. The third kappa shape index (κ3) is 5.51. The van der Waals surface area contributed by atoms with Crippen LogP contribution in [-0.2, 0) is 16.1 Å². The number of ether oxygens (including phenoxy) is 2. The van der Waals surface area contributed by atoms with Crippen molar-refractivity contribution in [2.45, 2.75) is 33.4 Å². The lowest BCUT2D eigenvalue weighted by atomic mass is 10.2. The number of carbonyl (C=O) groups excluding carboxylic acids is 1. The summed E-state index contributed by atoms with van der Waals surface area (Å²) in [7, 11) is 0. The van der Waals surface area contributed by atoms with Gasteiger partial charge in [-0.25, -0.2) is 8.78 Å². The van der Waals surface area contributed by atoms with Crippen LogP contribution in [0.4, 0.5) is 14.7 Å². The number of halogens is 3. The summed E-state index contributed by atoms with van der Waals surface area (Å²) in [5.41, 5.74) is -0.432. The topological polar surface area (TPSA) is 84.5 Å². The minimum atomic E-state index is -0.771. The van der Waals surface area contributed by atoms with Crippen LogP contribution in [0.15, 0.2) is 27.5 Å². The number of aromatic amines is 1. The van der Waals surface area contributed by atoms with Crippen molar-refractivity contribution >= 4 is 27.8 Å². The third-order valence-electron chi connectivity index (χ3n) is 3.70. The Morgan fingerprint density at radius 3 is 2.68 bits per heavy atom. The Balaban J connectivity index is 2.29. The van der Waals surface area contributed by atoms with Gasteiger partial charge in [0, 0.05) is 17.7 Å². The van der Waals surface area contributed by atoms with Crippen LogP contribution in [0.2, 0.25) is 0 Å². The van der Waals surface area contributed by atoms with E-state index < -0.39 is 23.2 Å². The van der Waals surface area contributed by atoms with Crippen LogP contribution in [0.1, 0.15) is 26.3 Å². The van der Waals surface area contributed by atoms with Gasteiger partial charge in [0.05, 0.1) is 6.61 Å². The maximum Gasteiger partial charge on any atom is 0.325 e. The first-order valence-corrected chi connectivity index (χ1v) is 9.31. The van der Waals surface area contributed by atoms with Gasteiger partial charge in [-0.1, -0.05) is 0 Å². The minimum Gasteiger partial charge on any atom is -0.472 e. The maximum atomic E-state index is 13.8. The average Bonchev–Trinajstić information content (AvgIpc) is 2.62. The molecule has 28 heavy (non-hydrogen) atoms. The fraction of sp³-hybridized carbons (Fsp3) is 0.389. The smallest absolute Gasteiger partial charge is 0.325 e. The minimum absolute atomic E-state index is 0.0126. The molecule has 2 aromatic rings. The van der Waals surface area contributed by atoms with Crippen molar-refractivity contribution in [3.63, 3.8) is 0 Å². The second-order valence-corrected chi connectivity index (χ2v) is 6.85. The molecule has 1 heterocycles. The average molecular weight is 460 g/mol. The fourth-order valence-electron chi connectivity index (χ4n) is 2.29. The maximum absolute atomic E-state index is 13.8. The number of hydrogen-bond acceptors (Lipinski definition) is 6. The Kier molecular flexibility index (Phi) is 7.50. The lowest BCUT2D eigenvalue weighted by Gasteiger charge is -2.26. The first kappa shape index (κ1) is 21.8. The van der Waals surface area contributed by atoms with Gasteiger partial charge in [0.15, 0.2) is 0 Å². The number of nitrogens with zero attached hydrogens (tertiary/aromatic N) is 2. The molecule has 10 heteroatoms. The molecule has 1 N–H and O–H groups in total. The predicted octanol–water partition coefficient (Wildman–Crippen LogP) is 3.17. The lowest BCUT2D eigenvalue weighted by Crippen LogP contribution is -2.39. The van der Waals surface area contributed by atoms with Crippen molar-refractivity contribution in [1.82, 2.24) is 9.97 Å². The van der Waals surface area contributed by atoms with E-state index in [4.69, 9.17) is 9.47 Å². The molecule has 0 saturated carbocycles. The molecule has 2 rings (SSSR count). The molecule has 0 aliphatic rings. The highest BCUT2D eigenvalue weighted by Gasteiger charge is 2.21. The molecule has 0 saturated heterocycles. The molecule has 7 nitrogen and oxygen atoms in total. The van der Waals surface area contributed by atoms with Crippen molar-refractivity contribution in [2.24, 2.45) is 0 Å². The van der Waals surface area contributed by atoms with Crippen LogP contribution in [0.5, 0.6) is 5.88 Å². The molecular weight excluding hydrogens is 440 g/mol.